The van der Waals surface area contributed by atoms with Crippen LogP contribution in [0.3, 0.4) is 0 Å². The van der Waals surface area contributed by atoms with E-state index in [1.807, 2.05) is 6.08 Å². The topological polar surface area (TPSA) is 46.3 Å². The van der Waals surface area contributed by atoms with Gasteiger partial charge in [-0.15, -0.1) is 0 Å². The van der Waals surface area contributed by atoms with Crippen molar-refractivity contribution in [2.45, 2.75) is 30.6 Å². The lowest BCUT2D eigenvalue weighted by Crippen LogP contribution is -2.42. The Kier molecular flexibility index (Phi) is 4.96. The molecule has 0 bridgehead atoms. The van der Waals surface area contributed by atoms with Crippen LogP contribution in [0.1, 0.15) is 36.6 Å². The third kappa shape index (κ3) is 3.62. The van der Waals surface area contributed by atoms with Crippen LogP contribution in [0.25, 0.3) is 6.08 Å². The van der Waals surface area contributed by atoms with Crippen LogP contribution in [-0.4, -0.2) is 34.2 Å². The zero-order valence-electron chi connectivity index (χ0n) is 14.3. The van der Waals surface area contributed by atoms with E-state index in [1.54, 1.807) is 24.3 Å². The maximum atomic E-state index is 14.5. The van der Waals surface area contributed by atoms with E-state index in [-0.39, 0.29) is 22.8 Å². The molecule has 2 aromatic rings. The van der Waals surface area contributed by atoms with E-state index in [9.17, 15) is 9.18 Å². The van der Waals surface area contributed by atoms with Gasteiger partial charge >= 0.3 is 0 Å². The Morgan fingerprint density at radius 3 is 2.81 bits per heavy atom. The van der Waals surface area contributed by atoms with Gasteiger partial charge in [-0.3, -0.25) is 9.69 Å². The standard InChI is InChI=1S/C20H21FN2O2S/c21-17-4-2-1-3-16(17)19(20(24)13-5-6-13)23-9-7-18(26)14(12-23)11-15-8-10-25-22-15/h1-4,8,10-11,13,18-19,26H,5-7,9,12H2. The molecule has 6 heteroatoms. The molecule has 4 nitrogen and oxygen atoms in total. The Morgan fingerprint density at radius 2 is 2.12 bits per heavy atom. The number of halogens is 1. The summed E-state index contributed by atoms with van der Waals surface area (Å²) in [6.45, 7) is 1.28. The molecule has 2 fully saturated rings. The van der Waals surface area contributed by atoms with Crippen molar-refractivity contribution >= 4 is 24.5 Å². The molecule has 1 saturated carbocycles. The summed E-state index contributed by atoms with van der Waals surface area (Å²) in [6, 6.07) is 7.87. The number of ketones is 1. The first-order chi connectivity index (χ1) is 12.6. The summed E-state index contributed by atoms with van der Waals surface area (Å²) in [5.74, 6) is -0.119. The minimum Gasteiger partial charge on any atom is -0.364 e. The zero-order chi connectivity index (χ0) is 18.1. The number of hydrogen-bond donors (Lipinski definition) is 1. The molecule has 136 valence electrons. The number of carbonyl (C=O) groups excluding carboxylic acids is 1. The van der Waals surface area contributed by atoms with Crippen LogP contribution in [0, 0.1) is 11.7 Å². The van der Waals surface area contributed by atoms with Gasteiger partial charge in [-0.05, 0) is 37.0 Å². The number of Topliss-reactive ketones (excluding diaryl/α,β-unsaturated/α-hetero) is 1. The molecule has 1 aliphatic heterocycles. The first-order valence-corrected chi connectivity index (χ1v) is 9.46. The molecule has 0 radical (unpaired) electrons. The minimum atomic E-state index is -0.537. The number of nitrogens with zero attached hydrogens (tertiary/aromatic N) is 2. The van der Waals surface area contributed by atoms with Crippen LogP contribution in [-0.2, 0) is 4.79 Å². The molecule has 0 spiro atoms. The second kappa shape index (κ2) is 7.37. The van der Waals surface area contributed by atoms with Gasteiger partial charge in [0.25, 0.3) is 0 Å². The number of likely N-dealkylation sites (tertiary alicyclic amines) is 1. The average Bonchev–Trinajstić information content (AvgIpc) is 3.37. The van der Waals surface area contributed by atoms with E-state index in [4.69, 9.17) is 4.52 Å². The molecule has 4 rings (SSSR count). The third-order valence-electron chi connectivity index (χ3n) is 5.11. The van der Waals surface area contributed by atoms with Gasteiger partial charge < -0.3 is 4.52 Å². The van der Waals surface area contributed by atoms with Crippen molar-refractivity contribution in [3.8, 4) is 0 Å². The summed E-state index contributed by atoms with van der Waals surface area (Å²) >= 11 is 4.68. The van der Waals surface area contributed by atoms with Crippen LogP contribution in [0.5, 0.6) is 0 Å². The summed E-state index contributed by atoms with van der Waals surface area (Å²) in [5.41, 5.74) is 2.28. The number of rotatable bonds is 5. The van der Waals surface area contributed by atoms with E-state index in [0.29, 0.717) is 18.7 Å². The Bertz CT molecular complexity index is 817. The van der Waals surface area contributed by atoms with Crippen molar-refractivity contribution in [2.24, 2.45) is 5.92 Å². The van der Waals surface area contributed by atoms with Crippen molar-refractivity contribution in [2.75, 3.05) is 13.1 Å². The Labute approximate surface area is 157 Å². The molecule has 1 aromatic heterocycles. The maximum Gasteiger partial charge on any atom is 0.157 e. The molecule has 1 aromatic carbocycles. The predicted octanol–water partition coefficient (Wildman–Crippen LogP) is 3.92. The molecule has 2 aliphatic rings. The molecule has 2 unspecified atom stereocenters. The van der Waals surface area contributed by atoms with E-state index >= 15 is 0 Å². The van der Waals surface area contributed by atoms with Crippen molar-refractivity contribution in [3.05, 3.63) is 59.2 Å². The van der Waals surface area contributed by atoms with Crippen molar-refractivity contribution < 1.29 is 13.7 Å². The number of carbonyl (C=O) groups is 1. The number of thiol groups is 1. The van der Waals surface area contributed by atoms with Gasteiger partial charge in [0.15, 0.2) is 5.78 Å². The number of piperidine rings is 1. The van der Waals surface area contributed by atoms with Gasteiger partial charge in [0.05, 0.1) is 6.04 Å². The van der Waals surface area contributed by atoms with Gasteiger partial charge in [0.1, 0.15) is 17.8 Å². The Balaban J connectivity index is 1.65. The summed E-state index contributed by atoms with van der Waals surface area (Å²) in [6.07, 6.45) is 6.10. The lowest BCUT2D eigenvalue weighted by Gasteiger charge is -2.37. The van der Waals surface area contributed by atoms with Crippen LogP contribution < -0.4 is 0 Å². The monoisotopic (exact) mass is 372 g/mol. The second-order valence-electron chi connectivity index (χ2n) is 7.02. The van der Waals surface area contributed by atoms with Gasteiger partial charge in [-0.25, -0.2) is 4.39 Å². The number of hydrogen-bond acceptors (Lipinski definition) is 5. The Morgan fingerprint density at radius 1 is 1.31 bits per heavy atom. The van der Waals surface area contributed by atoms with Gasteiger partial charge in [0.2, 0.25) is 0 Å². The third-order valence-corrected chi connectivity index (χ3v) is 5.70. The fourth-order valence-corrected chi connectivity index (χ4v) is 3.83. The highest BCUT2D eigenvalue weighted by Crippen LogP contribution is 2.39. The summed E-state index contributed by atoms with van der Waals surface area (Å²) < 4.78 is 19.4. The molecule has 0 N–H and O–H groups in total. The predicted molar refractivity (Wildman–Crippen MR) is 100 cm³/mol. The first kappa shape index (κ1) is 17.5. The molecule has 26 heavy (non-hydrogen) atoms. The van der Waals surface area contributed by atoms with Gasteiger partial charge in [0, 0.05) is 35.9 Å². The fourth-order valence-electron chi connectivity index (χ4n) is 3.56. The van der Waals surface area contributed by atoms with Gasteiger partial charge in [-0.1, -0.05) is 23.4 Å². The minimum absolute atomic E-state index is 0.0660. The molecular weight excluding hydrogens is 351 g/mol. The van der Waals surface area contributed by atoms with Crippen molar-refractivity contribution in [3.63, 3.8) is 0 Å². The molecule has 1 aliphatic carbocycles. The molecule has 1 saturated heterocycles. The van der Waals surface area contributed by atoms with Crippen molar-refractivity contribution in [1.29, 1.82) is 0 Å². The highest BCUT2D eigenvalue weighted by Gasteiger charge is 2.40. The lowest BCUT2D eigenvalue weighted by molar-refractivity contribution is -0.126. The largest absolute Gasteiger partial charge is 0.364 e. The number of benzene rings is 1. The maximum absolute atomic E-state index is 14.5. The molecule has 2 heterocycles. The van der Waals surface area contributed by atoms with Crippen LogP contribution in [0.2, 0.25) is 0 Å². The lowest BCUT2D eigenvalue weighted by atomic mass is 9.93. The molecule has 0 amide bonds. The summed E-state index contributed by atoms with van der Waals surface area (Å²) in [5, 5.41) is 4.03. The quantitative estimate of drug-likeness (QED) is 0.808. The SMILES string of the molecule is O=C(C1CC1)C(c1ccccc1F)N1CCC(S)C(=Cc2ccon2)C1. The first-order valence-electron chi connectivity index (χ1n) is 8.94. The molecular formula is C20H21FN2O2S. The van der Waals surface area contributed by atoms with Gasteiger partial charge in [-0.2, -0.15) is 12.6 Å². The summed E-state index contributed by atoms with van der Waals surface area (Å²) in [7, 11) is 0. The van der Waals surface area contributed by atoms with E-state index < -0.39 is 6.04 Å². The van der Waals surface area contributed by atoms with Crippen molar-refractivity contribution in [1.82, 2.24) is 10.1 Å². The zero-order valence-corrected chi connectivity index (χ0v) is 15.2. The summed E-state index contributed by atoms with van der Waals surface area (Å²) in [4.78, 5) is 15.1. The molecule has 2 atom stereocenters. The van der Waals surface area contributed by atoms with Crippen LogP contribution >= 0.6 is 12.6 Å². The number of aromatic nitrogens is 1. The van der Waals surface area contributed by atoms with Crippen LogP contribution in [0.15, 0.2) is 46.7 Å². The highest BCUT2D eigenvalue weighted by molar-refractivity contribution is 7.81. The van der Waals surface area contributed by atoms with E-state index in [1.165, 1.54) is 12.3 Å². The smallest absolute Gasteiger partial charge is 0.157 e. The average molecular weight is 372 g/mol. The van der Waals surface area contributed by atoms with E-state index in [0.717, 1.165) is 30.5 Å². The fraction of sp³-hybridized carbons (Fsp3) is 0.400. The highest BCUT2D eigenvalue weighted by atomic mass is 32.1. The van der Waals surface area contributed by atoms with E-state index in [2.05, 4.69) is 22.7 Å². The second-order valence-corrected chi connectivity index (χ2v) is 7.64. The Hall–Kier alpha value is -1.92. The normalized spacial score (nSPS) is 23.9. The van der Waals surface area contributed by atoms with Crippen LogP contribution in [0.4, 0.5) is 4.39 Å².